The molecule has 0 unspecified atom stereocenters. The summed E-state index contributed by atoms with van der Waals surface area (Å²) >= 11 is 0. The molecule has 0 fully saturated rings. The van der Waals surface area contributed by atoms with Crippen molar-refractivity contribution < 1.29 is 19.9 Å². The van der Waals surface area contributed by atoms with E-state index in [4.69, 9.17) is 0 Å². The van der Waals surface area contributed by atoms with Crippen LogP contribution in [-0.2, 0) is 5.72 Å². The van der Waals surface area contributed by atoms with E-state index in [-0.39, 0.29) is 23.5 Å². The van der Waals surface area contributed by atoms with E-state index >= 15 is 0 Å². The highest BCUT2D eigenvalue weighted by atomic mass is 16.6. The Morgan fingerprint density at radius 2 is 1.92 bits per heavy atom. The van der Waals surface area contributed by atoms with Gasteiger partial charge < -0.3 is 20.4 Å². The Morgan fingerprint density at radius 3 is 2.52 bits per heavy atom. The fraction of sp³-hybridized carbons (Fsp3) is 0.471. The third-order valence-corrected chi connectivity index (χ3v) is 4.78. The van der Waals surface area contributed by atoms with E-state index in [9.17, 15) is 25.1 Å². The molecule has 2 atom stereocenters. The summed E-state index contributed by atoms with van der Waals surface area (Å²) in [6, 6.07) is 6.21. The first kappa shape index (κ1) is 17.4. The highest BCUT2D eigenvalue weighted by Gasteiger charge is 2.77. The molecular weight excluding hydrogens is 326 g/mol. The average molecular weight is 347 g/mol. The zero-order chi connectivity index (χ0) is 18.4. The number of aliphatic hydroxyl groups is 2. The predicted molar refractivity (Wildman–Crippen MR) is 88.9 cm³/mol. The number of Topliss-reactive ketones (excluding diaryl/α,β-unsaturated/α-hetero) is 1. The Labute approximate surface area is 144 Å². The molecule has 1 aromatic carbocycles. The number of hydrogen-bond acceptors (Lipinski definition) is 7. The van der Waals surface area contributed by atoms with Crippen molar-refractivity contribution in [2.75, 3.05) is 13.1 Å². The van der Waals surface area contributed by atoms with Gasteiger partial charge in [0.1, 0.15) is 0 Å². The van der Waals surface area contributed by atoms with E-state index in [0.29, 0.717) is 19.4 Å². The van der Waals surface area contributed by atoms with Crippen molar-refractivity contribution in [2.45, 2.75) is 38.0 Å². The topological polar surface area (TPSA) is 116 Å². The average Bonchev–Trinajstić information content (AvgIpc) is 2.89. The van der Waals surface area contributed by atoms with E-state index < -0.39 is 27.7 Å². The second-order valence-electron chi connectivity index (χ2n) is 6.29. The second-order valence-corrected chi connectivity index (χ2v) is 6.29. The Hall–Kier alpha value is -2.45. The lowest BCUT2D eigenvalue weighted by atomic mass is 9.89. The minimum atomic E-state index is -2.65. The highest BCUT2D eigenvalue weighted by molar-refractivity contribution is 6.10. The maximum absolute atomic E-state index is 12.9. The molecule has 0 bridgehead atoms. The van der Waals surface area contributed by atoms with Crippen molar-refractivity contribution in [3.8, 4) is 0 Å². The van der Waals surface area contributed by atoms with Gasteiger partial charge >= 0.3 is 5.70 Å². The van der Waals surface area contributed by atoms with Crippen molar-refractivity contribution in [1.29, 1.82) is 0 Å². The molecule has 25 heavy (non-hydrogen) atoms. The van der Waals surface area contributed by atoms with Crippen LogP contribution in [0.4, 0.5) is 0 Å². The Morgan fingerprint density at radius 1 is 1.24 bits per heavy atom. The van der Waals surface area contributed by atoms with Crippen LogP contribution < -0.4 is 5.32 Å². The van der Waals surface area contributed by atoms with Crippen LogP contribution in [0.2, 0.25) is 0 Å². The van der Waals surface area contributed by atoms with Crippen molar-refractivity contribution >= 4 is 5.78 Å². The molecule has 2 aliphatic rings. The molecule has 8 heteroatoms. The van der Waals surface area contributed by atoms with Gasteiger partial charge in [-0.3, -0.25) is 14.9 Å². The number of carbonyl (C=O) groups excluding carboxylic acids is 1. The van der Waals surface area contributed by atoms with E-state index in [2.05, 4.69) is 5.32 Å². The Bertz CT molecular complexity index is 777. The highest BCUT2D eigenvalue weighted by Crippen LogP contribution is 2.55. The van der Waals surface area contributed by atoms with Crippen LogP contribution >= 0.6 is 0 Å². The first-order chi connectivity index (χ1) is 11.9. The zero-order valence-corrected chi connectivity index (χ0v) is 14.2. The second kappa shape index (κ2) is 5.82. The number of benzene rings is 1. The summed E-state index contributed by atoms with van der Waals surface area (Å²) in [5.41, 5.74) is -5.26. The third kappa shape index (κ3) is 1.98. The third-order valence-electron chi connectivity index (χ3n) is 4.78. The van der Waals surface area contributed by atoms with Gasteiger partial charge in [0.15, 0.2) is 5.82 Å². The summed E-state index contributed by atoms with van der Waals surface area (Å²) in [5.74, 6) is -0.853. The lowest BCUT2D eigenvalue weighted by molar-refractivity contribution is -0.445. The first-order valence-electron chi connectivity index (χ1n) is 8.35. The van der Waals surface area contributed by atoms with Crippen LogP contribution in [0.3, 0.4) is 0 Å². The Kier molecular flexibility index (Phi) is 4.04. The van der Waals surface area contributed by atoms with E-state index in [1.165, 1.54) is 17.0 Å². The van der Waals surface area contributed by atoms with Crippen LogP contribution in [0.25, 0.3) is 0 Å². The molecule has 1 aromatic rings. The fourth-order valence-corrected chi connectivity index (χ4v) is 3.75. The largest absolute Gasteiger partial charge is 0.368 e. The molecule has 0 amide bonds. The number of fused-ring (bicyclic) bond motifs is 3. The molecule has 1 aliphatic carbocycles. The number of nitrogens with zero attached hydrogens (tertiary/aromatic N) is 2. The summed E-state index contributed by atoms with van der Waals surface area (Å²) in [6.45, 7) is 4.40. The number of nitro groups is 1. The van der Waals surface area contributed by atoms with Crippen LogP contribution in [0.5, 0.6) is 0 Å². The normalized spacial score (nSPS) is 27.5. The van der Waals surface area contributed by atoms with Gasteiger partial charge in [-0.1, -0.05) is 38.1 Å². The summed E-state index contributed by atoms with van der Waals surface area (Å²) in [7, 11) is 0. The summed E-state index contributed by atoms with van der Waals surface area (Å²) in [6.07, 6.45) is 1.26. The van der Waals surface area contributed by atoms with Gasteiger partial charge in [0, 0.05) is 24.2 Å². The number of rotatable bonds is 6. The number of nitrogens with one attached hydrogen (secondary N) is 1. The van der Waals surface area contributed by atoms with Gasteiger partial charge in [0.2, 0.25) is 11.5 Å². The lowest BCUT2D eigenvalue weighted by Gasteiger charge is -2.38. The van der Waals surface area contributed by atoms with Gasteiger partial charge in [-0.05, 0) is 12.8 Å². The monoisotopic (exact) mass is 347 g/mol. The molecule has 134 valence electrons. The smallest absolute Gasteiger partial charge is 0.330 e. The molecule has 3 N–H and O–H groups in total. The summed E-state index contributed by atoms with van der Waals surface area (Å²) in [4.78, 5) is 25.2. The van der Waals surface area contributed by atoms with Gasteiger partial charge in [0.05, 0.1) is 4.92 Å². The molecule has 0 saturated heterocycles. The quantitative estimate of drug-likeness (QED) is 0.518. The molecule has 8 nitrogen and oxygen atoms in total. The molecule has 0 aromatic heterocycles. The van der Waals surface area contributed by atoms with Gasteiger partial charge in [0.25, 0.3) is 5.60 Å². The fourth-order valence-electron chi connectivity index (χ4n) is 3.75. The van der Waals surface area contributed by atoms with Crippen LogP contribution in [0.1, 0.15) is 42.6 Å². The molecule has 3 rings (SSSR count). The van der Waals surface area contributed by atoms with E-state index in [1.807, 2.05) is 13.8 Å². The number of ketones is 1. The van der Waals surface area contributed by atoms with E-state index in [1.54, 1.807) is 12.1 Å². The standard InChI is InChI=1S/C17H21N3O5/c1-3-9-18-15-13(20(24)25)16(22)14(21)11-7-5-6-8-12(11)17(16,23)19(15)10-4-2/h5-8,18,22-23H,3-4,9-10H2,1-2H3/t16-,17+/m0/s1. The summed E-state index contributed by atoms with van der Waals surface area (Å²) in [5, 5.41) is 37.3. The van der Waals surface area contributed by atoms with Gasteiger partial charge in [-0.15, -0.1) is 0 Å². The maximum Gasteiger partial charge on any atom is 0.330 e. The minimum Gasteiger partial charge on any atom is -0.368 e. The van der Waals surface area contributed by atoms with Crippen molar-refractivity contribution in [3.05, 3.63) is 57.0 Å². The van der Waals surface area contributed by atoms with Crippen molar-refractivity contribution in [3.63, 3.8) is 0 Å². The molecule has 1 aliphatic heterocycles. The van der Waals surface area contributed by atoms with Gasteiger partial charge in [-0.25, -0.2) is 0 Å². The molecule has 0 spiro atoms. The first-order valence-corrected chi connectivity index (χ1v) is 8.35. The molecule has 0 saturated carbocycles. The number of hydrogen-bond donors (Lipinski definition) is 3. The van der Waals surface area contributed by atoms with Gasteiger partial charge in [-0.2, -0.15) is 0 Å². The molecular formula is C17H21N3O5. The molecule has 1 heterocycles. The minimum absolute atomic E-state index is 0.00144. The van der Waals surface area contributed by atoms with E-state index in [0.717, 1.165) is 0 Å². The molecule has 0 radical (unpaired) electrons. The predicted octanol–water partition coefficient (Wildman–Crippen LogP) is 0.930. The SMILES string of the molecule is CCCNC1=C([N+](=O)[O-])[C@]2(O)C(=O)c3ccccc3[C@]2(O)N1CCC. The van der Waals surface area contributed by atoms with Crippen LogP contribution in [0.15, 0.2) is 35.8 Å². The van der Waals surface area contributed by atoms with Crippen molar-refractivity contribution in [1.82, 2.24) is 10.2 Å². The van der Waals surface area contributed by atoms with Crippen LogP contribution in [-0.4, -0.2) is 44.5 Å². The maximum atomic E-state index is 12.9. The Balaban J connectivity index is 2.30. The lowest BCUT2D eigenvalue weighted by Crippen LogP contribution is -2.58. The number of carbonyl (C=O) groups is 1. The zero-order valence-electron chi connectivity index (χ0n) is 14.2. The van der Waals surface area contributed by atoms with Crippen LogP contribution in [0, 0.1) is 10.1 Å². The summed E-state index contributed by atoms with van der Waals surface area (Å²) < 4.78 is 0. The van der Waals surface area contributed by atoms with Crippen molar-refractivity contribution in [2.24, 2.45) is 0 Å².